The summed E-state index contributed by atoms with van der Waals surface area (Å²) in [6.07, 6.45) is 0.581. The van der Waals surface area contributed by atoms with E-state index in [1.165, 1.54) is 16.3 Å². The highest BCUT2D eigenvalue weighted by molar-refractivity contribution is 6.16. The monoisotopic (exact) mass is 182 g/mol. The molecule has 0 aromatic heterocycles. The first-order valence-corrected chi connectivity index (χ1v) is 4.82. The van der Waals surface area contributed by atoms with Gasteiger partial charge >= 0.3 is 0 Å². The van der Waals surface area contributed by atoms with Gasteiger partial charge in [0.15, 0.2) is 5.78 Å². The Morgan fingerprint density at radius 2 is 2.00 bits per heavy atom. The van der Waals surface area contributed by atoms with Gasteiger partial charge in [-0.25, -0.2) is 0 Å². The summed E-state index contributed by atoms with van der Waals surface area (Å²) < 4.78 is 0. The van der Waals surface area contributed by atoms with E-state index in [2.05, 4.69) is 18.2 Å². The average Bonchev–Trinajstić information content (AvgIpc) is 2.51. The Labute approximate surface area is 82.4 Å². The minimum absolute atomic E-state index is 0.273. The van der Waals surface area contributed by atoms with Crippen LogP contribution in [0.25, 0.3) is 10.8 Å². The molecule has 1 nitrogen and oxygen atoms in total. The number of hydrogen-bond acceptors (Lipinski definition) is 1. The Morgan fingerprint density at radius 1 is 1.14 bits per heavy atom. The second-order valence-corrected chi connectivity index (χ2v) is 3.87. The maximum atomic E-state index is 11.8. The summed E-state index contributed by atoms with van der Waals surface area (Å²) in [5, 5.41) is 2.37. The van der Waals surface area contributed by atoms with Crippen molar-refractivity contribution in [1.82, 2.24) is 0 Å². The van der Waals surface area contributed by atoms with Crippen molar-refractivity contribution in [3.8, 4) is 0 Å². The number of hydrogen-bond donors (Lipinski definition) is 0. The summed E-state index contributed by atoms with van der Waals surface area (Å²) in [7, 11) is 0. The Balaban J connectivity index is 2.59. The van der Waals surface area contributed by atoms with Crippen molar-refractivity contribution < 1.29 is 4.79 Å². The van der Waals surface area contributed by atoms with Gasteiger partial charge in [-0.15, -0.1) is 0 Å². The minimum atomic E-state index is 0.273. The predicted molar refractivity (Wildman–Crippen MR) is 56.7 cm³/mol. The normalized spacial score (nSPS) is 13.9. The zero-order valence-corrected chi connectivity index (χ0v) is 8.00. The lowest BCUT2D eigenvalue weighted by atomic mass is 10.0. The zero-order chi connectivity index (χ0) is 9.71. The van der Waals surface area contributed by atoms with Crippen LogP contribution in [0.5, 0.6) is 0 Å². The van der Waals surface area contributed by atoms with Gasteiger partial charge in [0.05, 0.1) is 0 Å². The lowest BCUT2D eigenvalue weighted by molar-refractivity contribution is 0.0999. The Morgan fingerprint density at radius 3 is 2.86 bits per heavy atom. The van der Waals surface area contributed by atoms with Crippen molar-refractivity contribution in [3.63, 3.8) is 0 Å². The molecule has 3 rings (SSSR count). The van der Waals surface area contributed by atoms with Gasteiger partial charge in [0, 0.05) is 12.0 Å². The second-order valence-electron chi connectivity index (χ2n) is 3.87. The third kappa shape index (κ3) is 0.818. The number of Topliss-reactive ketones (excluding diaryl/α,β-unsaturated/α-hetero) is 1. The number of rotatable bonds is 0. The van der Waals surface area contributed by atoms with Crippen LogP contribution >= 0.6 is 0 Å². The van der Waals surface area contributed by atoms with Gasteiger partial charge in [0.25, 0.3) is 0 Å². The number of carbonyl (C=O) groups excluding carboxylic acids is 1. The topological polar surface area (TPSA) is 17.1 Å². The van der Waals surface area contributed by atoms with E-state index in [0.717, 1.165) is 11.1 Å². The first-order chi connectivity index (χ1) is 6.77. The van der Waals surface area contributed by atoms with Gasteiger partial charge in [-0.3, -0.25) is 4.79 Å². The van der Waals surface area contributed by atoms with E-state index in [1.54, 1.807) is 0 Å². The van der Waals surface area contributed by atoms with E-state index in [1.807, 2.05) is 19.1 Å². The number of carbonyl (C=O) groups is 1. The van der Waals surface area contributed by atoms with Crippen LogP contribution in [-0.2, 0) is 6.42 Å². The molecule has 1 aliphatic carbocycles. The van der Waals surface area contributed by atoms with Crippen LogP contribution in [0, 0.1) is 6.92 Å². The fraction of sp³-hybridized carbons (Fsp3) is 0.154. The summed E-state index contributed by atoms with van der Waals surface area (Å²) in [6, 6.07) is 10.3. The highest BCUT2D eigenvalue weighted by Gasteiger charge is 2.22. The van der Waals surface area contributed by atoms with Crippen LogP contribution in [0.4, 0.5) is 0 Å². The second kappa shape index (κ2) is 2.44. The van der Waals surface area contributed by atoms with Crippen molar-refractivity contribution >= 4 is 16.6 Å². The van der Waals surface area contributed by atoms with Gasteiger partial charge in [-0.1, -0.05) is 30.3 Å². The van der Waals surface area contributed by atoms with Gasteiger partial charge < -0.3 is 0 Å². The van der Waals surface area contributed by atoms with E-state index >= 15 is 0 Å². The molecule has 0 saturated carbocycles. The molecule has 0 fully saturated rings. The molecule has 14 heavy (non-hydrogen) atoms. The van der Waals surface area contributed by atoms with E-state index < -0.39 is 0 Å². The summed E-state index contributed by atoms with van der Waals surface area (Å²) in [5.74, 6) is 0.273. The molecule has 0 amide bonds. The molecule has 0 aliphatic heterocycles. The van der Waals surface area contributed by atoms with Crippen LogP contribution in [-0.4, -0.2) is 5.78 Å². The first-order valence-electron chi connectivity index (χ1n) is 4.82. The lowest BCUT2D eigenvalue weighted by Crippen LogP contribution is -1.96. The molecule has 0 saturated heterocycles. The summed E-state index contributed by atoms with van der Waals surface area (Å²) in [4.78, 5) is 11.8. The highest BCUT2D eigenvalue weighted by Crippen LogP contribution is 2.32. The van der Waals surface area contributed by atoms with Crippen LogP contribution in [0.2, 0.25) is 0 Å². The van der Waals surface area contributed by atoms with Crippen LogP contribution in [0.1, 0.15) is 21.5 Å². The van der Waals surface area contributed by atoms with Crippen molar-refractivity contribution in [2.24, 2.45) is 0 Å². The number of aryl methyl sites for hydroxylation is 1. The molecular weight excluding hydrogens is 172 g/mol. The quantitative estimate of drug-likeness (QED) is 0.612. The molecular formula is C13H10O. The van der Waals surface area contributed by atoms with E-state index in [-0.39, 0.29) is 5.78 Å². The standard InChI is InChI=1S/C13H10O/c1-8-5-6-9-3-2-4-10-7-11(14)12(8)13(9)10/h2-6H,7H2,1H3. The molecule has 1 heteroatoms. The highest BCUT2D eigenvalue weighted by atomic mass is 16.1. The van der Waals surface area contributed by atoms with E-state index in [4.69, 9.17) is 0 Å². The maximum absolute atomic E-state index is 11.8. The zero-order valence-electron chi connectivity index (χ0n) is 8.00. The molecule has 0 N–H and O–H groups in total. The Kier molecular flexibility index (Phi) is 1.35. The predicted octanol–water partition coefficient (Wildman–Crippen LogP) is 2.89. The SMILES string of the molecule is Cc1ccc2cccc3c2c1C(=O)C3. The van der Waals surface area contributed by atoms with Gasteiger partial charge in [0.2, 0.25) is 0 Å². The van der Waals surface area contributed by atoms with Crippen LogP contribution in [0.3, 0.4) is 0 Å². The van der Waals surface area contributed by atoms with Gasteiger partial charge in [-0.2, -0.15) is 0 Å². The maximum Gasteiger partial charge on any atom is 0.168 e. The van der Waals surface area contributed by atoms with Crippen LogP contribution < -0.4 is 0 Å². The molecule has 0 radical (unpaired) electrons. The Hall–Kier alpha value is -1.63. The molecule has 2 aromatic carbocycles. The first kappa shape index (κ1) is 7.74. The molecule has 0 unspecified atom stereocenters. The molecule has 2 aromatic rings. The largest absolute Gasteiger partial charge is 0.294 e. The van der Waals surface area contributed by atoms with E-state index in [9.17, 15) is 4.79 Å². The number of ketones is 1. The van der Waals surface area contributed by atoms with E-state index in [0.29, 0.717) is 6.42 Å². The fourth-order valence-electron chi connectivity index (χ4n) is 2.33. The molecule has 0 spiro atoms. The smallest absolute Gasteiger partial charge is 0.168 e. The summed E-state index contributed by atoms with van der Waals surface area (Å²) >= 11 is 0. The fourth-order valence-corrected chi connectivity index (χ4v) is 2.33. The molecule has 68 valence electrons. The summed E-state index contributed by atoms with van der Waals surface area (Å²) in [6.45, 7) is 2.01. The van der Waals surface area contributed by atoms with Crippen LogP contribution in [0.15, 0.2) is 30.3 Å². The van der Waals surface area contributed by atoms with Crippen molar-refractivity contribution in [1.29, 1.82) is 0 Å². The van der Waals surface area contributed by atoms with Crippen molar-refractivity contribution in [2.75, 3.05) is 0 Å². The number of benzene rings is 2. The summed E-state index contributed by atoms with van der Waals surface area (Å²) in [5.41, 5.74) is 3.23. The minimum Gasteiger partial charge on any atom is -0.294 e. The third-order valence-corrected chi connectivity index (χ3v) is 2.97. The van der Waals surface area contributed by atoms with Gasteiger partial charge in [-0.05, 0) is 28.8 Å². The van der Waals surface area contributed by atoms with Gasteiger partial charge in [0.1, 0.15) is 0 Å². The van der Waals surface area contributed by atoms with Crippen molar-refractivity contribution in [3.05, 3.63) is 47.0 Å². The molecule has 0 bridgehead atoms. The third-order valence-electron chi connectivity index (χ3n) is 2.97. The lowest BCUT2D eigenvalue weighted by Gasteiger charge is -2.02. The molecule has 1 aliphatic rings. The van der Waals surface area contributed by atoms with Crippen molar-refractivity contribution in [2.45, 2.75) is 13.3 Å². The molecule has 0 heterocycles. The Bertz CT molecular complexity index is 552. The average molecular weight is 182 g/mol. The molecule has 0 atom stereocenters.